The largest absolute Gasteiger partial charge is 0.444 e. The molecule has 0 aromatic rings. The fourth-order valence-corrected chi connectivity index (χ4v) is 3.17. The van der Waals surface area contributed by atoms with Crippen molar-refractivity contribution in [1.82, 2.24) is 4.90 Å². The third kappa shape index (κ3) is 2.31. The smallest absolute Gasteiger partial charge is 0.410 e. The molecule has 0 saturated carbocycles. The lowest BCUT2D eigenvalue weighted by Gasteiger charge is -2.38. The topological polar surface area (TPSA) is 29.5 Å². The Labute approximate surface area is 103 Å². The maximum absolute atomic E-state index is 12.1. The Hall–Kier alpha value is -0.380. The van der Waals surface area contributed by atoms with Crippen LogP contribution in [-0.2, 0) is 4.74 Å². The molecule has 16 heavy (non-hydrogen) atoms. The van der Waals surface area contributed by atoms with E-state index >= 15 is 0 Å². The van der Waals surface area contributed by atoms with E-state index in [-0.39, 0.29) is 12.1 Å². The lowest BCUT2D eigenvalue weighted by Crippen LogP contribution is -2.50. The maximum atomic E-state index is 12.1. The Balaban J connectivity index is 2.07. The average molecular weight is 243 g/mol. The molecular formula is C12H21NO2S. The predicted octanol–water partition coefficient (Wildman–Crippen LogP) is 2.85. The molecule has 92 valence electrons. The van der Waals surface area contributed by atoms with Gasteiger partial charge in [0, 0.05) is 17.3 Å². The van der Waals surface area contributed by atoms with Crippen molar-refractivity contribution in [3.63, 3.8) is 0 Å². The molecule has 0 aliphatic carbocycles. The lowest BCUT2D eigenvalue weighted by molar-refractivity contribution is 0.00876. The number of hydrogen-bond acceptors (Lipinski definition) is 3. The number of carbonyl (C=O) groups is 1. The van der Waals surface area contributed by atoms with Crippen LogP contribution in [-0.4, -0.2) is 33.9 Å². The number of piperidine rings is 1. The number of amides is 1. The van der Waals surface area contributed by atoms with E-state index in [4.69, 9.17) is 4.74 Å². The molecule has 2 rings (SSSR count). The van der Waals surface area contributed by atoms with E-state index in [1.807, 2.05) is 25.7 Å². The molecule has 2 bridgehead atoms. The molecule has 2 heterocycles. The van der Waals surface area contributed by atoms with Crippen molar-refractivity contribution in [1.29, 1.82) is 0 Å². The molecule has 0 aromatic carbocycles. The summed E-state index contributed by atoms with van der Waals surface area (Å²) >= 11 is 4.58. The monoisotopic (exact) mass is 243 g/mol. The first kappa shape index (κ1) is 12.1. The van der Waals surface area contributed by atoms with Crippen LogP contribution in [0.15, 0.2) is 0 Å². The number of rotatable bonds is 0. The minimum atomic E-state index is -0.403. The summed E-state index contributed by atoms with van der Waals surface area (Å²) in [6.45, 7) is 5.73. The Kier molecular flexibility index (Phi) is 3.12. The first-order valence-electron chi connectivity index (χ1n) is 6.08. The standard InChI is InChI=1S/C12H21NO2S/c1-12(2,3)15-11(14)13-8-4-6-9(13)10(16)7-5-8/h8-10,16H,4-7H2,1-3H3. The molecule has 3 nitrogen and oxygen atoms in total. The zero-order chi connectivity index (χ0) is 11.9. The quantitative estimate of drug-likeness (QED) is 0.663. The van der Waals surface area contributed by atoms with Gasteiger partial charge in [-0.25, -0.2) is 4.79 Å². The Bertz CT molecular complexity index is 287. The highest BCUT2D eigenvalue weighted by Crippen LogP contribution is 2.38. The van der Waals surface area contributed by atoms with Crippen molar-refractivity contribution in [2.24, 2.45) is 0 Å². The van der Waals surface area contributed by atoms with Crippen LogP contribution in [0.1, 0.15) is 46.5 Å². The highest BCUT2D eigenvalue weighted by molar-refractivity contribution is 7.81. The van der Waals surface area contributed by atoms with Gasteiger partial charge < -0.3 is 9.64 Å². The minimum Gasteiger partial charge on any atom is -0.444 e. The van der Waals surface area contributed by atoms with Crippen LogP contribution >= 0.6 is 12.6 Å². The van der Waals surface area contributed by atoms with Gasteiger partial charge in [0.15, 0.2) is 0 Å². The van der Waals surface area contributed by atoms with Gasteiger partial charge in [0.2, 0.25) is 0 Å². The second-order valence-electron chi connectivity index (χ2n) is 5.83. The molecule has 2 aliphatic heterocycles. The van der Waals surface area contributed by atoms with Crippen LogP contribution in [0.2, 0.25) is 0 Å². The van der Waals surface area contributed by atoms with Gasteiger partial charge in [-0.3, -0.25) is 0 Å². The molecule has 0 N–H and O–H groups in total. The van der Waals surface area contributed by atoms with E-state index in [1.165, 1.54) is 0 Å². The molecule has 2 aliphatic rings. The Morgan fingerprint density at radius 3 is 2.50 bits per heavy atom. The second kappa shape index (κ2) is 4.13. The van der Waals surface area contributed by atoms with Crippen LogP contribution in [0, 0.1) is 0 Å². The van der Waals surface area contributed by atoms with Crippen LogP contribution in [0.3, 0.4) is 0 Å². The number of carbonyl (C=O) groups excluding carboxylic acids is 1. The average Bonchev–Trinajstić information content (AvgIpc) is 2.46. The molecule has 1 amide bonds. The van der Waals surface area contributed by atoms with E-state index in [0.29, 0.717) is 11.3 Å². The zero-order valence-corrected chi connectivity index (χ0v) is 11.2. The van der Waals surface area contributed by atoms with Crippen LogP contribution < -0.4 is 0 Å². The zero-order valence-electron chi connectivity index (χ0n) is 10.3. The van der Waals surface area contributed by atoms with Crippen molar-refractivity contribution in [2.75, 3.05) is 0 Å². The third-order valence-electron chi connectivity index (χ3n) is 3.39. The molecule has 3 unspecified atom stereocenters. The summed E-state index contributed by atoms with van der Waals surface area (Å²) < 4.78 is 5.46. The van der Waals surface area contributed by atoms with Gasteiger partial charge in [0.05, 0.1) is 0 Å². The van der Waals surface area contributed by atoms with Crippen LogP contribution in [0.4, 0.5) is 4.79 Å². The molecular weight excluding hydrogens is 222 g/mol. The summed E-state index contributed by atoms with van der Waals surface area (Å²) in [7, 11) is 0. The van der Waals surface area contributed by atoms with Gasteiger partial charge >= 0.3 is 6.09 Å². The van der Waals surface area contributed by atoms with Crippen molar-refractivity contribution >= 4 is 18.7 Å². The normalized spacial score (nSPS) is 34.0. The van der Waals surface area contributed by atoms with E-state index in [1.54, 1.807) is 0 Å². The summed E-state index contributed by atoms with van der Waals surface area (Å²) in [5.41, 5.74) is -0.403. The number of thiol groups is 1. The van der Waals surface area contributed by atoms with Gasteiger partial charge in [-0.15, -0.1) is 0 Å². The number of fused-ring (bicyclic) bond motifs is 2. The summed E-state index contributed by atoms with van der Waals surface area (Å²) in [5, 5.41) is 0.325. The minimum absolute atomic E-state index is 0.154. The molecule has 4 heteroatoms. The maximum Gasteiger partial charge on any atom is 0.410 e. The first-order chi connectivity index (χ1) is 7.38. The summed E-state index contributed by atoms with van der Waals surface area (Å²) in [5.74, 6) is 0. The van der Waals surface area contributed by atoms with E-state index in [9.17, 15) is 4.79 Å². The fraction of sp³-hybridized carbons (Fsp3) is 0.917. The number of hydrogen-bond donors (Lipinski definition) is 1. The van der Waals surface area contributed by atoms with Gasteiger partial charge in [0.25, 0.3) is 0 Å². The van der Waals surface area contributed by atoms with Crippen molar-refractivity contribution in [2.45, 2.75) is 69.4 Å². The van der Waals surface area contributed by atoms with Crippen molar-refractivity contribution in [3.05, 3.63) is 0 Å². The summed E-state index contributed by atoms with van der Waals surface area (Å²) in [4.78, 5) is 14.0. The van der Waals surface area contributed by atoms with Gasteiger partial charge in [0.1, 0.15) is 5.60 Å². The molecule has 0 spiro atoms. The first-order valence-corrected chi connectivity index (χ1v) is 6.59. The third-order valence-corrected chi connectivity index (χ3v) is 3.99. The van der Waals surface area contributed by atoms with Crippen LogP contribution in [0.25, 0.3) is 0 Å². The SMILES string of the molecule is CC(C)(C)OC(=O)N1C2CCC(S)C1CC2. The summed E-state index contributed by atoms with van der Waals surface area (Å²) in [6, 6.07) is 0.681. The molecule has 0 radical (unpaired) electrons. The molecule has 3 atom stereocenters. The van der Waals surface area contributed by atoms with Crippen LogP contribution in [0.5, 0.6) is 0 Å². The summed E-state index contributed by atoms with van der Waals surface area (Å²) in [6.07, 6.45) is 4.24. The second-order valence-corrected chi connectivity index (χ2v) is 6.49. The van der Waals surface area contributed by atoms with E-state index < -0.39 is 5.60 Å². The molecule has 0 aromatic heterocycles. The number of nitrogens with zero attached hydrogens (tertiary/aromatic N) is 1. The van der Waals surface area contributed by atoms with Crippen molar-refractivity contribution < 1.29 is 9.53 Å². The molecule has 2 fully saturated rings. The van der Waals surface area contributed by atoms with Gasteiger partial charge in [-0.1, -0.05) is 0 Å². The Morgan fingerprint density at radius 1 is 1.25 bits per heavy atom. The van der Waals surface area contributed by atoms with Gasteiger partial charge in [-0.05, 0) is 46.5 Å². The number of ether oxygens (including phenoxy) is 1. The molecule has 2 saturated heterocycles. The fourth-order valence-electron chi connectivity index (χ4n) is 2.73. The highest BCUT2D eigenvalue weighted by atomic mass is 32.1. The highest BCUT2D eigenvalue weighted by Gasteiger charge is 2.45. The van der Waals surface area contributed by atoms with Gasteiger partial charge in [-0.2, -0.15) is 12.6 Å². The Morgan fingerprint density at radius 2 is 1.88 bits per heavy atom. The van der Waals surface area contributed by atoms with E-state index in [2.05, 4.69) is 12.6 Å². The predicted molar refractivity (Wildman–Crippen MR) is 66.9 cm³/mol. The lowest BCUT2D eigenvalue weighted by atomic mass is 10.0. The van der Waals surface area contributed by atoms with Crippen molar-refractivity contribution in [3.8, 4) is 0 Å². The van der Waals surface area contributed by atoms with E-state index in [0.717, 1.165) is 25.7 Å².